The Bertz CT molecular complexity index is 459. The van der Waals surface area contributed by atoms with Crippen LogP contribution in [-0.4, -0.2) is 23.8 Å². The van der Waals surface area contributed by atoms with Gasteiger partial charge in [-0.15, -0.1) is 11.8 Å². The van der Waals surface area contributed by atoms with E-state index in [0.717, 1.165) is 30.3 Å². The van der Waals surface area contributed by atoms with Gasteiger partial charge in [-0.1, -0.05) is 38.6 Å². The maximum absolute atomic E-state index is 5.97. The third-order valence-electron chi connectivity index (χ3n) is 3.75. The van der Waals surface area contributed by atoms with Crippen LogP contribution in [0.3, 0.4) is 0 Å². The summed E-state index contributed by atoms with van der Waals surface area (Å²) in [5.41, 5.74) is 8.27. The first-order valence-electron chi connectivity index (χ1n) is 6.97. The van der Waals surface area contributed by atoms with E-state index in [4.69, 9.17) is 18.0 Å². The number of thiocarbonyl (C=S) groups is 1. The van der Waals surface area contributed by atoms with E-state index in [-0.39, 0.29) is 0 Å². The molecule has 2 rings (SSSR count). The molecule has 0 spiro atoms. The van der Waals surface area contributed by atoms with E-state index >= 15 is 0 Å². The fourth-order valence-electron chi connectivity index (χ4n) is 2.69. The van der Waals surface area contributed by atoms with Crippen molar-refractivity contribution in [2.75, 3.05) is 23.7 Å². The number of benzene rings is 1. The van der Waals surface area contributed by atoms with Gasteiger partial charge in [-0.2, -0.15) is 0 Å². The summed E-state index contributed by atoms with van der Waals surface area (Å²) in [5, 5.41) is 0. The average Bonchev–Trinajstić information content (AvgIpc) is 2.87. The van der Waals surface area contributed by atoms with E-state index in [0.29, 0.717) is 4.99 Å². The Balaban J connectivity index is 2.34. The van der Waals surface area contributed by atoms with Crippen LogP contribution in [0, 0.1) is 5.92 Å². The van der Waals surface area contributed by atoms with Crippen LogP contribution in [0.4, 0.5) is 5.69 Å². The number of nitrogens with zero attached hydrogens (tertiary/aromatic N) is 1. The summed E-state index contributed by atoms with van der Waals surface area (Å²) in [6, 6.07) is 6.40. The van der Waals surface area contributed by atoms with Gasteiger partial charge in [0, 0.05) is 29.2 Å². The molecule has 0 bridgehead atoms. The molecule has 2 N–H and O–H groups in total. The lowest BCUT2D eigenvalue weighted by atomic mass is 10.1. The van der Waals surface area contributed by atoms with Crippen molar-refractivity contribution in [3.8, 4) is 0 Å². The molecule has 1 aliphatic rings. The van der Waals surface area contributed by atoms with Crippen LogP contribution in [-0.2, 0) is 0 Å². The summed E-state index contributed by atoms with van der Waals surface area (Å²) in [6.07, 6.45) is 2.53. The van der Waals surface area contributed by atoms with Gasteiger partial charge in [-0.05, 0) is 30.2 Å². The first-order chi connectivity index (χ1) is 9.17. The molecule has 0 radical (unpaired) electrons. The van der Waals surface area contributed by atoms with Crippen molar-refractivity contribution < 1.29 is 0 Å². The molecule has 1 atom stereocenters. The molecule has 4 heteroatoms. The van der Waals surface area contributed by atoms with Gasteiger partial charge in [-0.3, -0.25) is 0 Å². The highest BCUT2D eigenvalue weighted by Gasteiger charge is 2.24. The summed E-state index contributed by atoms with van der Waals surface area (Å²) in [6.45, 7) is 6.68. The number of hydrogen-bond acceptors (Lipinski definition) is 3. The number of nitrogens with two attached hydrogens (primary N) is 1. The minimum absolute atomic E-state index is 0.520. The van der Waals surface area contributed by atoms with Gasteiger partial charge in [0.1, 0.15) is 4.99 Å². The zero-order valence-corrected chi connectivity index (χ0v) is 13.3. The second-order valence-corrected chi connectivity index (χ2v) is 6.70. The summed E-state index contributed by atoms with van der Waals surface area (Å²) in [4.78, 5) is 4.18. The van der Waals surface area contributed by atoms with Crippen LogP contribution >= 0.6 is 24.0 Å². The van der Waals surface area contributed by atoms with Gasteiger partial charge in [0.2, 0.25) is 0 Å². The Morgan fingerprint density at radius 1 is 1.47 bits per heavy atom. The van der Waals surface area contributed by atoms with E-state index in [2.05, 4.69) is 36.9 Å². The van der Waals surface area contributed by atoms with Gasteiger partial charge in [0.25, 0.3) is 0 Å². The molecule has 1 aromatic carbocycles. The fraction of sp³-hybridized carbons (Fsp3) is 0.533. The summed E-state index contributed by atoms with van der Waals surface area (Å²) in [7, 11) is 0. The zero-order valence-electron chi connectivity index (χ0n) is 11.7. The van der Waals surface area contributed by atoms with Gasteiger partial charge < -0.3 is 10.6 Å². The van der Waals surface area contributed by atoms with Crippen molar-refractivity contribution in [1.82, 2.24) is 0 Å². The smallest absolute Gasteiger partial charge is 0.107 e. The molecule has 0 aliphatic carbocycles. The monoisotopic (exact) mass is 294 g/mol. The molecular formula is C15H22N2S2. The average molecular weight is 294 g/mol. The van der Waals surface area contributed by atoms with Crippen LogP contribution in [0.25, 0.3) is 0 Å². The van der Waals surface area contributed by atoms with Crippen molar-refractivity contribution >= 4 is 34.7 Å². The predicted octanol–water partition coefficient (Wildman–Crippen LogP) is 3.67. The molecule has 1 heterocycles. The van der Waals surface area contributed by atoms with Gasteiger partial charge >= 0.3 is 0 Å². The Morgan fingerprint density at radius 2 is 2.26 bits per heavy atom. The van der Waals surface area contributed by atoms with E-state index in [1.807, 2.05) is 11.8 Å². The number of thioether (sulfide) groups is 1. The fourth-order valence-corrected chi connectivity index (χ4v) is 3.81. The van der Waals surface area contributed by atoms with Gasteiger partial charge in [0.15, 0.2) is 0 Å². The van der Waals surface area contributed by atoms with Crippen LogP contribution in [0.15, 0.2) is 23.1 Å². The molecule has 1 fully saturated rings. The second kappa shape index (κ2) is 6.62. The Morgan fingerprint density at radius 3 is 2.84 bits per heavy atom. The third kappa shape index (κ3) is 3.23. The van der Waals surface area contributed by atoms with Crippen LogP contribution in [0.1, 0.15) is 32.3 Å². The van der Waals surface area contributed by atoms with E-state index in [1.165, 1.54) is 23.4 Å². The molecule has 0 saturated carbocycles. The second-order valence-electron chi connectivity index (χ2n) is 4.96. The minimum atomic E-state index is 0.520. The summed E-state index contributed by atoms with van der Waals surface area (Å²) < 4.78 is 0. The standard InChI is InChI=1S/C15H22N2S2/c1-3-11-8-9-17(10-11)12-6-5-7-13(19-4-2)14(12)15(16)18/h5-7,11H,3-4,8-10H2,1-2H3,(H2,16,18). The molecule has 2 nitrogen and oxygen atoms in total. The predicted molar refractivity (Wildman–Crippen MR) is 89.3 cm³/mol. The maximum Gasteiger partial charge on any atom is 0.107 e. The lowest BCUT2D eigenvalue weighted by Crippen LogP contribution is -2.24. The normalized spacial score (nSPS) is 18.8. The van der Waals surface area contributed by atoms with E-state index in [1.54, 1.807) is 0 Å². The quantitative estimate of drug-likeness (QED) is 0.663. The lowest BCUT2D eigenvalue weighted by Gasteiger charge is -2.23. The molecular weight excluding hydrogens is 272 g/mol. The minimum Gasteiger partial charge on any atom is -0.389 e. The molecule has 1 aliphatic heterocycles. The number of hydrogen-bond donors (Lipinski definition) is 1. The number of rotatable bonds is 5. The summed E-state index contributed by atoms with van der Waals surface area (Å²) >= 11 is 7.10. The van der Waals surface area contributed by atoms with Crippen molar-refractivity contribution in [2.24, 2.45) is 11.7 Å². The van der Waals surface area contributed by atoms with Crippen molar-refractivity contribution in [3.05, 3.63) is 23.8 Å². The van der Waals surface area contributed by atoms with Crippen LogP contribution < -0.4 is 10.6 Å². The largest absolute Gasteiger partial charge is 0.389 e. The Hall–Kier alpha value is -0.740. The molecule has 1 saturated heterocycles. The maximum atomic E-state index is 5.97. The van der Waals surface area contributed by atoms with Crippen LogP contribution in [0.2, 0.25) is 0 Å². The lowest BCUT2D eigenvalue weighted by molar-refractivity contribution is 0.569. The highest BCUT2D eigenvalue weighted by atomic mass is 32.2. The Kier molecular flexibility index (Phi) is 5.11. The first kappa shape index (κ1) is 14.7. The van der Waals surface area contributed by atoms with Crippen molar-refractivity contribution in [1.29, 1.82) is 0 Å². The molecule has 1 unspecified atom stereocenters. The molecule has 0 aromatic heterocycles. The van der Waals surface area contributed by atoms with Crippen LogP contribution in [0.5, 0.6) is 0 Å². The summed E-state index contributed by atoms with van der Waals surface area (Å²) in [5.74, 6) is 1.85. The first-order valence-corrected chi connectivity index (χ1v) is 8.37. The highest BCUT2D eigenvalue weighted by Crippen LogP contribution is 2.34. The SMILES string of the molecule is CCSc1cccc(N2CCC(CC)C2)c1C(N)=S. The molecule has 104 valence electrons. The highest BCUT2D eigenvalue weighted by molar-refractivity contribution is 7.99. The molecule has 0 amide bonds. The zero-order chi connectivity index (χ0) is 13.8. The van der Waals surface area contributed by atoms with Crippen molar-refractivity contribution in [3.63, 3.8) is 0 Å². The topological polar surface area (TPSA) is 29.3 Å². The van der Waals surface area contributed by atoms with E-state index < -0.39 is 0 Å². The molecule has 1 aromatic rings. The van der Waals surface area contributed by atoms with E-state index in [9.17, 15) is 0 Å². The third-order valence-corrected chi connectivity index (χ3v) is 4.90. The Labute approximate surface area is 125 Å². The van der Waals surface area contributed by atoms with Crippen molar-refractivity contribution in [2.45, 2.75) is 31.6 Å². The van der Waals surface area contributed by atoms with Gasteiger partial charge in [0.05, 0.1) is 0 Å². The number of anilines is 1. The molecule has 19 heavy (non-hydrogen) atoms. The van der Waals surface area contributed by atoms with Gasteiger partial charge in [-0.25, -0.2) is 0 Å².